The molecule has 0 unspecified atom stereocenters. The van der Waals surface area contributed by atoms with Crippen molar-refractivity contribution in [1.82, 2.24) is 30.6 Å². The van der Waals surface area contributed by atoms with Crippen LogP contribution in [0.1, 0.15) is 53.7 Å². The lowest BCUT2D eigenvalue weighted by Crippen LogP contribution is -2.41. The van der Waals surface area contributed by atoms with E-state index in [1.54, 1.807) is 4.68 Å². The monoisotopic (exact) mass is 419 g/mol. The number of nitrogens with one attached hydrogen (secondary N) is 3. The lowest BCUT2D eigenvalue weighted by atomic mass is 9.85. The molecule has 3 rings (SSSR count). The van der Waals surface area contributed by atoms with Crippen molar-refractivity contribution < 1.29 is 9.59 Å². The van der Waals surface area contributed by atoms with Gasteiger partial charge in [0.1, 0.15) is 4.88 Å². The molecule has 0 aliphatic heterocycles. The van der Waals surface area contributed by atoms with Crippen molar-refractivity contribution in [3.8, 4) is 0 Å². The summed E-state index contributed by atoms with van der Waals surface area (Å²) in [6.45, 7) is 7.67. The quantitative estimate of drug-likeness (QED) is 0.602. The number of carbonyl (C=O) groups excluding carboxylic acids is 2. The minimum atomic E-state index is -0.0693. The first-order chi connectivity index (χ1) is 14.0. The zero-order chi connectivity index (χ0) is 20.8. The molecule has 2 amide bonds. The Morgan fingerprint density at radius 2 is 2.00 bits per heavy atom. The molecule has 2 heterocycles. The normalized spacial score (nSPS) is 19.0. The van der Waals surface area contributed by atoms with Crippen LogP contribution in [0.15, 0.2) is 6.20 Å². The van der Waals surface area contributed by atoms with Crippen molar-refractivity contribution in [2.75, 3.05) is 18.4 Å². The third-order valence-electron chi connectivity index (χ3n) is 5.06. The molecule has 0 aromatic carbocycles. The van der Waals surface area contributed by atoms with Crippen molar-refractivity contribution >= 4 is 28.3 Å². The lowest BCUT2D eigenvalue weighted by Gasteiger charge is -2.28. The van der Waals surface area contributed by atoms with Crippen LogP contribution in [0, 0.1) is 19.8 Å². The van der Waals surface area contributed by atoms with Crippen molar-refractivity contribution in [2.45, 2.75) is 59.0 Å². The van der Waals surface area contributed by atoms with Gasteiger partial charge in [0.25, 0.3) is 5.91 Å². The maximum absolute atomic E-state index is 12.6. The highest BCUT2D eigenvalue weighted by atomic mass is 32.1. The Bertz CT molecular complexity index is 839. The largest absolute Gasteiger partial charge is 0.362 e. The summed E-state index contributed by atoms with van der Waals surface area (Å²) < 4.78 is 1.73. The summed E-state index contributed by atoms with van der Waals surface area (Å²) in [4.78, 5) is 30.0. The number of thiazole rings is 1. The van der Waals surface area contributed by atoms with Crippen LogP contribution in [0.25, 0.3) is 0 Å². The van der Waals surface area contributed by atoms with Crippen molar-refractivity contribution in [2.24, 2.45) is 5.92 Å². The first kappa shape index (κ1) is 21.2. The maximum Gasteiger partial charge on any atom is 0.263 e. The third kappa shape index (κ3) is 5.75. The molecule has 2 aromatic rings. The van der Waals surface area contributed by atoms with E-state index in [1.165, 1.54) is 11.3 Å². The molecule has 0 spiro atoms. The highest BCUT2D eigenvalue weighted by Gasteiger charge is 2.28. The molecule has 158 valence electrons. The van der Waals surface area contributed by atoms with E-state index in [0.717, 1.165) is 48.7 Å². The van der Waals surface area contributed by atoms with Crippen LogP contribution < -0.4 is 16.0 Å². The number of hydrogen-bond donors (Lipinski definition) is 3. The minimum Gasteiger partial charge on any atom is -0.362 e. The number of aromatic nitrogens is 4. The predicted octanol–water partition coefficient (Wildman–Crippen LogP) is 1.89. The smallest absolute Gasteiger partial charge is 0.263 e. The topological polar surface area (TPSA) is 114 Å². The molecule has 1 aliphatic carbocycles. The second-order valence-electron chi connectivity index (χ2n) is 7.40. The Morgan fingerprint density at radius 1 is 1.24 bits per heavy atom. The number of aryl methyl sites for hydroxylation is 2. The summed E-state index contributed by atoms with van der Waals surface area (Å²) in [5.41, 5.74) is 1.61. The molecular weight excluding hydrogens is 390 g/mol. The Balaban J connectivity index is 1.40. The van der Waals surface area contributed by atoms with E-state index in [9.17, 15) is 9.59 Å². The van der Waals surface area contributed by atoms with Gasteiger partial charge in [-0.3, -0.25) is 14.3 Å². The maximum atomic E-state index is 12.6. The molecule has 29 heavy (non-hydrogen) atoms. The summed E-state index contributed by atoms with van der Waals surface area (Å²) in [6, 6.07) is 0.105. The van der Waals surface area contributed by atoms with Crippen LogP contribution in [0.4, 0.5) is 5.13 Å². The van der Waals surface area contributed by atoms with Gasteiger partial charge in [-0.15, -0.1) is 5.10 Å². The van der Waals surface area contributed by atoms with E-state index in [1.807, 2.05) is 27.0 Å². The molecule has 2 aromatic heterocycles. The highest BCUT2D eigenvalue weighted by molar-refractivity contribution is 7.17. The number of nitrogens with zero attached hydrogens (tertiary/aromatic N) is 4. The predicted molar refractivity (Wildman–Crippen MR) is 112 cm³/mol. The summed E-state index contributed by atoms with van der Waals surface area (Å²) in [5, 5.41) is 17.9. The molecule has 1 aliphatic rings. The van der Waals surface area contributed by atoms with E-state index in [4.69, 9.17) is 0 Å². The molecule has 0 saturated heterocycles. The van der Waals surface area contributed by atoms with Gasteiger partial charge in [0.2, 0.25) is 5.91 Å². The Labute approximate surface area is 174 Å². The van der Waals surface area contributed by atoms with Crippen LogP contribution in [0.5, 0.6) is 0 Å². The summed E-state index contributed by atoms with van der Waals surface area (Å²) in [5.74, 6) is 0.0199. The Kier molecular flexibility index (Phi) is 7.18. The summed E-state index contributed by atoms with van der Waals surface area (Å²) in [7, 11) is 0. The van der Waals surface area contributed by atoms with Gasteiger partial charge in [-0.1, -0.05) is 16.6 Å². The fourth-order valence-corrected chi connectivity index (χ4v) is 4.46. The van der Waals surface area contributed by atoms with Crippen LogP contribution in [0.3, 0.4) is 0 Å². The van der Waals surface area contributed by atoms with Crippen molar-refractivity contribution in [3.63, 3.8) is 0 Å². The molecule has 0 atom stereocenters. The van der Waals surface area contributed by atoms with E-state index >= 15 is 0 Å². The Morgan fingerprint density at radius 3 is 2.66 bits per heavy atom. The molecule has 1 fully saturated rings. The van der Waals surface area contributed by atoms with Gasteiger partial charge >= 0.3 is 0 Å². The van der Waals surface area contributed by atoms with Crippen LogP contribution in [-0.4, -0.2) is 50.9 Å². The lowest BCUT2D eigenvalue weighted by molar-refractivity contribution is -0.126. The van der Waals surface area contributed by atoms with E-state index < -0.39 is 0 Å². The average molecular weight is 420 g/mol. The van der Waals surface area contributed by atoms with Crippen LogP contribution in [-0.2, 0) is 11.3 Å². The van der Waals surface area contributed by atoms with Crippen LogP contribution >= 0.6 is 11.3 Å². The standard InChI is InChI=1S/C19H29N7O2S/c1-4-20-19-22-13(3)16(29-19)18(28)23-15-7-5-14(6-8-15)17(27)21-9-10-26-11-12(2)24-25-26/h11,14-15H,4-10H2,1-3H3,(H,20,22)(H,21,27)(H,23,28). The zero-order valence-electron chi connectivity index (χ0n) is 17.2. The van der Waals surface area contributed by atoms with Gasteiger partial charge in [0.15, 0.2) is 5.13 Å². The van der Waals surface area contributed by atoms with E-state index in [-0.39, 0.29) is 23.8 Å². The summed E-state index contributed by atoms with van der Waals surface area (Å²) in [6.07, 6.45) is 5.03. The highest BCUT2D eigenvalue weighted by Crippen LogP contribution is 2.26. The van der Waals surface area contributed by atoms with Gasteiger partial charge in [-0.2, -0.15) is 0 Å². The second kappa shape index (κ2) is 9.82. The van der Waals surface area contributed by atoms with Crippen molar-refractivity contribution in [1.29, 1.82) is 0 Å². The number of rotatable bonds is 8. The van der Waals surface area contributed by atoms with Crippen LogP contribution in [0.2, 0.25) is 0 Å². The van der Waals surface area contributed by atoms with Gasteiger partial charge in [0.05, 0.1) is 17.9 Å². The Hall–Kier alpha value is -2.49. The molecule has 0 radical (unpaired) electrons. The van der Waals surface area contributed by atoms with Gasteiger partial charge in [-0.05, 0) is 46.5 Å². The number of hydrogen-bond acceptors (Lipinski definition) is 7. The SMILES string of the molecule is CCNc1nc(C)c(C(=O)NC2CCC(C(=O)NCCn3cc(C)nn3)CC2)s1. The summed E-state index contributed by atoms with van der Waals surface area (Å²) >= 11 is 1.39. The fourth-order valence-electron chi connectivity index (χ4n) is 3.53. The fraction of sp³-hybridized carbons (Fsp3) is 0.632. The second-order valence-corrected chi connectivity index (χ2v) is 8.40. The zero-order valence-corrected chi connectivity index (χ0v) is 18.0. The number of anilines is 1. The van der Waals surface area contributed by atoms with Gasteiger partial charge < -0.3 is 16.0 Å². The number of carbonyl (C=O) groups is 2. The van der Waals surface area contributed by atoms with Gasteiger partial charge in [0, 0.05) is 31.2 Å². The minimum absolute atomic E-state index is 0.00568. The molecule has 1 saturated carbocycles. The number of amides is 2. The molecule has 0 bridgehead atoms. The first-order valence-corrected chi connectivity index (χ1v) is 10.9. The van der Waals surface area contributed by atoms with Crippen molar-refractivity contribution in [3.05, 3.63) is 22.5 Å². The molecule has 3 N–H and O–H groups in total. The average Bonchev–Trinajstić information content (AvgIpc) is 3.27. The van der Waals surface area contributed by atoms with E-state index in [0.29, 0.717) is 18.0 Å². The third-order valence-corrected chi connectivity index (χ3v) is 6.17. The van der Waals surface area contributed by atoms with Gasteiger partial charge in [-0.25, -0.2) is 4.98 Å². The molecule has 9 nitrogen and oxygen atoms in total. The molecule has 10 heteroatoms. The first-order valence-electron chi connectivity index (χ1n) is 10.1. The molecular formula is C19H29N7O2S. The van der Waals surface area contributed by atoms with E-state index in [2.05, 4.69) is 31.2 Å².